The van der Waals surface area contributed by atoms with Crippen molar-refractivity contribution < 1.29 is 4.74 Å². The van der Waals surface area contributed by atoms with Crippen molar-refractivity contribution in [3.05, 3.63) is 0 Å². The quantitative estimate of drug-likeness (QED) is 0.437. The highest BCUT2D eigenvalue weighted by Gasteiger charge is 2.55. The van der Waals surface area contributed by atoms with Crippen LogP contribution >= 0.6 is 24.0 Å². The van der Waals surface area contributed by atoms with Gasteiger partial charge in [-0.25, -0.2) is 4.99 Å². The monoisotopic (exact) mass is 395 g/mol. The summed E-state index contributed by atoms with van der Waals surface area (Å²) < 4.78 is 5.93. The van der Waals surface area contributed by atoms with Crippen LogP contribution in [0.1, 0.15) is 59.3 Å². The Bertz CT molecular complexity index is 327. The number of hydrogen-bond acceptors (Lipinski definition) is 2. The van der Waals surface area contributed by atoms with Gasteiger partial charge >= 0.3 is 0 Å². The molecule has 2 aliphatic carbocycles. The molecule has 5 heteroatoms. The van der Waals surface area contributed by atoms with Crippen LogP contribution in [-0.2, 0) is 4.74 Å². The van der Waals surface area contributed by atoms with E-state index in [-0.39, 0.29) is 29.4 Å². The van der Waals surface area contributed by atoms with Gasteiger partial charge in [0.2, 0.25) is 0 Å². The minimum absolute atomic E-state index is 0. The van der Waals surface area contributed by atoms with Crippen molar-refractivity contribution in [2.24, 2.45) is 16.1 Å². The normalized spacial score (nSPS) is 28.9. The Morgan fingerprint density at radius 1 is 1.35 bits per heavy atom. The second kappa shape index (κ2) is 7.82. The van der Waals surface area contributed by atoms with Crippen LogP contribution in [0.3, 0.4) is 0 Å². The second-order valence-corrected chi connectivity index (χ2v) is 6.30. The molecule has 1 spiro atoms. The van der Waals surface area contributed by atoms with Gasteiger partial charge in [0, 0.05) is 18.1 Å². The molecule has 2 unspecified atom stereocenters. The fraction of sp³-hybridized carbons (Fsp3) is 0.933. The Morgan fingerprint density at radius 3 is 2.55 bits per heavy atom. The molecule has 0 aromatic heterocycles. The summed E-state index contributed by atoms with van der Waals surface area (Å²) in [5.74, 6) is 0.597. The molecule has 2 atom stereocenters. The maximum absolute atomic E-state index is 5.99. The van der Waals surface area contributed by atoms with Crippen molar-refractivity contribution in [1.82, 2.24) is 5.32 Å². The molecule has 3 N–H and O–H groups in total. The van der Waals surface area contributed by atoms with Crippen LogP contribution in [0, 0.1) is 5.41 Å². The van der Waals surface area contributed by atoms with E-state index in [1.165, 1.54) is 32.1 Å². The summed E-state index contributed by atoms with van der Waals surface area (Å²) in [6.45, 7) is 7.06. The van der Waals surface area contributed by atoms with Gasteiger partial charge in [-0.15, -0.1) is 24.0 Å². The number of nitrogens with one attached hydrogen (secondary N) is 1. The van der Waals surface area contributed by atoms with Crippen molar-refractivity contribution in [1.29, 1.82) is 0 Å². The standard InChI is InChI=1S/C15H29N3O.HI/c1-4-19-13-10-12(18-14(16)17-11(2)3)15(13)8-6-5-7-9-15;/h11-13H,4-10H2,1-3H3,(H3,16,17,18);1H. The van der Waals surface area contributed by atoms with Gasteiger partial charge in [0.15, 0.2) is 5.96 Å². The number of ether oxygens (including phenoxy) is 1. The third kappa shape index (κ3) is 3.78. The van der Waals surface area contributed by atoms with Gasteiger partial charge in [-0.05, 0) is 40.0 Å². The lowest BCUT2D eigenvalue weighted by Gasteiger charge is -2.56. The topological polar surface area (TPSA) is 59.6 Å². The first-order chi connectivity index (χ1) is 9.08. The maximum atomic E-state index is 5.99. The molecular formula is C15H30IN3O. The molecule has 0 heterocycles. The summed E-state index contributed by atoms with van der Waals surface area (Å²) in [5.41, 5.74) is 6.27. The minimum atomic E-state index is 0. The molecule has 2 rings (SSSR count). The zero-order chi connectivity index (χ0) is 13.9. The van der Waals surface area contributed by atoms with Gasteiger partial charge in [0.05, 0.1) is 12.1 Å². The summed E-state index contributed by atoms with van der Waals surface area (Å²) in [4.78, 5) is 4.74. The average molecular weight is 395 g/mol. The van der Waals surface area contributed by atoms with Crippen molar-refractivity contribution in [3.63, 3.8) is 0 Å². The van der Waals surface area contributed by atoms with E-state index < -0.39 is 0 Å². The second-order valence-electron chi connectivity index (χ2n) is 6.30. The predicted octanol–water partition coefficient (Wildman–Crippen LogP) is 3.05. The van der Waals surface area contributed by atoms with E-state index in [4.69, 9.17) is 15.5 Å². The SMILES string of the molecule is CCOC1CC(N=C(N)NC(C)C)C12CCCCC2.I. The van der Waals surface area contributed by atoms with Crippen LogP contribution in [0.15, 0.2) is 4.99 Å². The van der Waals surface area contributed by atoms with Crippen molar-refractivity contribution in [2.45, 2.75) is 77.5 Å². The van der Waals surface area contributed by atoms with Crippen molar-refractivity contribution >= 4 is 29.9 Å². The van der Waals surface area contributed by atoms with E-state index in [2.05, 4.69) is 26.1 Å². The Balaban J connectivity index is 0.00000200. The molecule has 0 aromatic carbocycles. The predicted molar refractivity (Wildman–Crippen MR) is 94.6 cm³/mol. The smallest absolute Gasteiger partial charge is 0.189 e. The molecule has 2 saturated carbocycles. The highest BCUT2D eigenvalue weighted by atomic mass is 127. The van der Waals surface area contributed by atoms with Crippen LogP contribution in [0.2, 0.25) is 0 Å². The molecule has 20 heavy (non-hydrogen) atoms. The molecule has 0 saturated heterocycles. The zero-order valence-corrected chi connectivity index (χ0v) is 15.4. The summed E-state index contributed by atoms with van der Waals surface area (Å²) in [6, 6.07) is 0.699. The third-order valence-electron chi connectivity index (χ3n) is 4.63. The molecule has 0 amide bonds. The Labute approximate surface area is 140 Å². The lowest BCUT2D eigenvalue weighted by atomic mass is 9.55. The van der Waals surface area contributed by atoms with Crippen LogP contribution in [0.25, 0.3) is 0 Å². The van der Waals surface area contributed by atoms with Crippen molar-refractivity contribution in [3.8, 4) is 0 Å². The molecule has 2 fully saturated rings. The number of hydrogen-bond donors (Lipinski definition) is 2. The fourth-order valence-corrected chi connectivity index (χ4v) is 3.71. The third-order valence-corrected chi connectivity index (χ3v) is 4.63. The van der Waals surface area contributed by atoms with Crippen molar-refractivity contribution in [2.75, 3.05) is 6.61 Å². The molecular weight excluding hydrogens is 365 g/mol. The first-order valence-electron chi connectivity index (χ1n) is 7.80. The van der Waals surface area contributed by atoms with Gasteiger partial charge in [-0.2, -0.15) is 0 Å². The average Bonchev–Trinajstić information content (AvgIpc) is 2.38. The van der Waals surface area contributed by atoms with Crippen LogP contribution < -0.4 is 11.1 Å². The molecule has 0 radical (unpaired) electrons. The van der Waals surface area contributed by atoms with E-state index in [1.807, 2.05) is 0 Å². The summed E-state index contributed by atoms with van der Waals surface area (Å²) >= 11 is 0. The van der Waals surface area contributed by atoms with Crippen LogP contribution in [0.4, 0.5) is 0 Å². The molecule has 0 aromatic rings. The first kappa shape index (κ1) is 18.0. The van der Waals surface area contributed by atoms with E-state index >= 15 is 0 Å². The largest absolute Gasteiger partial charge is 0.378 e. The van der Waals surface area contributed by atoms with Crippen LogP contribution in [-0.4, -0.2) is 30.8 Å². The van der Waals surface area contributed by atoms with E-state index in [9.17, 15) is 0 Å². The highest BCUT2D eigenvalue weighted by molar-refractivity contribution is 14.0. The molecule has 0 bridgehead atoms. The Morgan fingerprint density at radius 2 is 2.00 bits per heavy atom. The summed E-state index contributed by atoms with van der Waals surface area (Å²) in [5, 5.41) is 3.20. The van der Waals surface area contributed by atoms with Gasteiger partial charge in [0.1, 0.15) is 0 Å². The van der Waals surface area contributed by atoms with Crippen LogP contribution in [0.5, 0.6) is 0 Å². The maximum Gasteiger partial charge on any atom is 0.189 e. The summed E-state index contributed by atoms with van der Waals surface area (Å²) in [6.07, 6.45) is 7.92. The lowest BCUT2D eigenvalue weighted by Crippen LogP contribution is -2.59. The van der Waals surface area contributed by atoms with Gasteiger partial charge in [-0.1, -0.05) is 19.3 Å². The fourth-order valence-electron chi connectivity index (χ4n) is 3.71. The number of guanidine groups is 1. The first-order valence-corrected chi connectivity index (χ1v) is 7.80. The zero-order valence-electron chi connectivity index (χ0n) is 13.0. The Kier molecular flexibility index (Phi) is 7.04. The number of aliphatic imine (C=N–C) groups is 1. The van der Waals surface area contributed by atoms with E-state index in [1.54, 1.807) is 0 Å². The number of nitrogens with two attached hydrogens (primary N) is 1. The molecule has 0 aliphatic heterocycles. The van der Waals surface area contributed by atoms with Gasteiger partial charge < -0.3 is 15.8 Å². The molecule has 2 aliphatic rings. The molecule has 118 valence electrons. The van der Waals surface area contributed by atoms with E-state index in [0.717, 1.165) is 13.0 Å². The minimum Gasteiger partial charge on any atom is -0.378 e. The summed E-state index contributed by atoms with van der Waals surface area (Å²) in [7, 11) is 0. The number of halogens is 1. The highest BCUT2D eigenvalue weighted by Crippen LogP contribution is 2.54. The number of rotatable bonds is 4. The lowest BCUT2D eigenvalue weighted by molar-refractivity contribution is -0.139. The Hall–Kier alpha value is -0.0400. The van der Waals surface area contributed by atoms with E-state index in [0.29, 0.717) is 24.1 Å². The number of nitrogens with zero attached hydrogens (tertiary/aromatic N) is 1. The van der Waals surface area contributed by atoms with Gasteiger partial charge in [0.25, 0.3) is 0 Å². The molecule has 4 nitrogen and oxygen atoms in total. The van der Waals surface area contributed by atoms with Gasteiger partial charge in [-0.3, -0.25) is 0 Å².